The van der Waals surface area contributed by atoms with Gasteiger partial charge in [0.25, 0.3) is 11.8 Å². The SMILES string of the molecule is CCN(C)C(=O)c1cccc(C(=O)NC2CC(C(=O)O)C2)c1. The maximum absolute atomic E-state index is 12.2. The molecule has 0 radical (unpaired) electrons. The number of nitrogens with one attached hydrogen (secondary N) is 1. The molecular formula is C16H20N2O4. The van der Waals surface area contributed by atoms with Crippen molar-refractivity contribution < 1.29 is 19.5 Å². The summed E-state index contributed by atoms with van der Waals surface area (Å²) in [6.45, 7) is 2.47. The van der Waals surface area contributed by atoms with Gasteiger partial charge >= 0.3 is 5.97 Å². The Bertz CT molecular complexity index is 594. The Labute approximate surface area is 129 Å². The number of nitrogens with zero attached hydrogens (tertiary/aromatic N) is 1. The Hall–Kier alpha value is -2.37. The van der Waals surface area contributed by atoms with Gasteiger partial charge in [-0.2, -0.15) is 0 Å². The summed E-state index contributed by atoms with van der Waals surface area (Å²) in [4.78, 5) is 36.6. The first-order valence-corrected chi connectivity index (χ1v) is 7.31. The van der Waals surface area contributed by atoms with Crippen LogP contribution >= 0.6 is 0 Å². The molecule has 1 aromatic carbocycles. The lowest BCUT2D eigenvalue weighted by Crippen LogP contribution is -2.46. The van der Waals surface area contributed by atoms with Crippen LogP contribution in [0.2, 0.25) is 0 Å². The number of carboxylic acids is 1. The van der Waals surface area contributed by atoms with Crippen LogP contribution in [-0.2, 0) is 4.79 Å². The molecule has 0 heterocycles. The molecule has 0 saturated heterocycles. The first-order chi connectivity index (χ1) is 10.4. The number of benzene rings is 1. The summed E-state index contributed by atoms with van der Waals surface area (Å²) < 4.78 is 0. The van der Waals surface area contributed by atoms with Crippen LogP contribution in [0.5, 0.6) is 0 Å². The van der Waals surface area contributed by atoms with Gasteiger partial charge in [0, 0.05) is 30.8 Å². The molecule has 1 fully saturated rings. The molecule has 0 unspecified atom stereocenters. The zero-order valence-corrected chi connectivity index (χ0v) is 12.7. The predicted octanol–water partition coefficient (Wildman–Crippen LogP) is 1.37. The Morgan fingerprint density at radius 2 is 1.91 bits per heavy atom. The fraction of sp³-hybridized carbons (Fsp3) is 0.438. The van der Waals surface area contributed by atoms with E-state index in [1.54, 1.807) is 36.2 Å². The molecule has 2 amide bonds. The molecule has 2 rings (SSSR count). The summed E-state index contributed by atoms with van der Waals surface area (Å²) >= 11 is 0. The molecule has 1 saturated carbocycles. The lowest BCUT2D eigenvalue weighted by molar-refractivity contribution is -0.145. The number of amides is 2. The van der Waals surface area contributed by atoms with Crippen molar-refractivity contribution in [1.29, 1.82) is 0 Å². The average Bonchev–Trinajstić information content (AvgIpc) is 2.48. The zero-order chi connectivity index (χ0) is 16.3. The van der Waals surface area contributed by atoms with Crippen molar-refractivity contribution in [3.8, 4) is 0 Å². The number of hydrogen-bond donors (Lipinski definition) is 2. The molecule has 0 aromatic heterocycles. The normalized spacial score (nSPS) is 19.9. The van der Waals surface area contributed by atoms with Crippen molar-refractivity contribution in [2.45, 2.75) is 25.8 Å². The van der Waals surface area contributed by atoms with E-state index in [0.29, 0.717) is 30.5 Å². The van der Waals surface area contributed by atoms with Crippen LogP contribution in [0.15, 0.2) is 24.3 Å². The van der Waals surface area contributed by atoms with Crippen molar-refractivity contribution in [2.24, 2.45) is 5.92 Å². The van der Waals surface area contributed by atoms with E-state index in [-0.39, 0.29) is 23.8 Å². The molecule has 6 heteroatoms. The standard InChI is InChI=1S/C16H20N2O4/c1-3-18(2)15(20)11-6-4-5-10(7-11)14(19)17-13-8-12(9-13)16(21)22/h4-7,12-13H,3,8-9H2,1-2H3,(H,17,19)(H,21,22). The highest BCUT2D eigenvalue weighted by Gasteiger charge is 2.35. The van der Waals surface area contributed by atoms with E-state index in [2.05, 4.69) is 5.32 Å². The minimum atomic E-state index is -0.819. The topological polar surface area (TPSA) is 86.7 Å². The van der Waals surface area contributed by atoms with Gasteiger partial charge in [-0.25, -0.2) is 0 Å². The van der Waals surface area contributed by atoms with Crippen molar-refractivity contribution in [1.82, 2.24) is 10.2 Å². The summed E-state index contributed by atoms with van der Waals surface area (Å²) in [5.41, 5.74) is 0.878. The monoisotopic (exact) mass is 304 g/mol. The molecule has 0 spiro atoms. The van der Waals surface area contributed by atoms with E-state index in [1.165, 1.54) is 0 Å². The number of carbonyl (C=O) groups excluding carboxylic acids is 2. The van der Waals surface area contributed by atoms with E-state index in [4.69, 9.17) is 5.11 Å². The van der Waals surface area contributed by atoms with E-state index >= 15 is 0 Å². The van der Waals surface area contributed by atoms with Crippen LogP contribution < -0.4 is 5.32 Å². The fourth-order valence-corrected chi connectivity index (χ4v) is 2.36. The number of carboxylic acid groups (broad SMARTS) is 1. The minimum Gasteiger partial charge on any atom is -0.481 e. The van der Waals surface area contributed by atoms with Gasteiger partial charge in [-0.1, -0.05) is 6.07 Å². The molecular weight excluding hydrogens is 284 g/mol. The third-order valence-electron chi connectivity index (χ3n) is 4.02. The van der Waals surface area contributed by atoms with Gasteiger partial charge in [0.15, 0.2) is 0 Å². The third kappa shape index (κ3) is 3.44. The number of aliphatic carboxylic acids is 1. The van der Waals surface area contributed by atoms with E-state index < -0.39 is 5.97 Å². The molecule has 0 atom stereocenters. The first-order valence-electron chi connectivity index (χ1n) is 7.31. The zero-order valence-electron chi connectivity index (χ0n) is 12.7. The number of carbonyl (C=O) groups is 3. The highest BCUT2D eigenvalue weighted by Crippen LogP contribution is 2.27. The fourth-order valence-electron chi connectivity index (χ4n) is 2.36. The second-order valence-corrected chi connectivity index (χ2v) is 5.58. The highest BCUT2D eigenvalue weighted by atomic mass is 16.4. The van der Waals surface area contributed by atoms with Gasteiger partial charge in [-0.3, -0.25) is 14.4 Å². The molecule has 118 valence electrons. The van der Waals surface area contributed by atoms with E-state index in [1.807, 2.05) is 6.92 Å². The average molecular weight is 304 g/mol. The second kappa shape index (κ2) is 6.60. The Morgan fingerprint density at radius 3 is 2.50 bits per heavy atom. The summed E-state index contributed by atoms with van der Waals surface area (Å²) in [6.07, 6.45) is 0.913. The van der Waals surface area contributed by atoms with Crippen LogP contribution in [0.25, 0.3) is 0 Å². The predicted molar refractivity (Wildman–Crippen MR) is 80.7 cm³/mol. The van der Waals surface area contributed by atoms with Crippen LogP contribution in [0.4, 0.5) is 0 Å². The summed E-state index contributed by atoms with van der Waals surface area (Å²) in [7, 11) is 1.70. The van der Waals surface area contributed by atoms with Crippen LogP contribution in [0.3, 0.4) is 0 Å². The number of rotatable bonds is 5. The van der Waals surface area contributed by atoms with Gasteiger partial charge in [-0.15, -0.1) is 0 Å². The first kappa shape index (κ1) is 16.0. The largest absolute Gasteiger partial charge is 0.481 e. The van der Waals surface area contributed by atoms with Crippen LogP contribution in [0.1, 0.15) is 40.5 Å². The highest BCUT2D eigenvalue weighted by molar-refractivity contribution is 5.99. The van der Waals surface area contributed by atoms with Crippen molar-refractivity contribution in [3.63, 3.8) is 0 Å². The third-order valence-corrected chi connectivity index (χ3v) is 4.02. The molecule has 1 aliphatic rings. The molecule has 1 aromatic rings. The lowest BCUT2D eigenvalue weighted by Gasteiger charge is -2.32. The quantitative estimate of drug-likeness (QED) is 0.860. The summed E-state index contributed by atoms with van der Waals surface area (Å²) in [5.74, 6) is -1.59. The minimum absolute atomic E-state index is 0.105. The van der Waals surface area contributed by atoms with Gasteiger partial charge in [0.1, 0.15) is 0 Å². The second-order valence-electron chi connectivity index (χ2n) is 5.58. The summed E-state index contributed by atoms with van der Waals surface area (Å²) in [6, 6.07) is 6.45. The molecule has 2 N–H and O–H groups in total. The maximum Gasteiger partial charge on any atom is 0.306 e. The van der Waals surface area contributed by atoms with Crippen molar-refractivity contribution >= 4 is 17.8 Å². The smallest absolute Gasteiger partial charge is 0.306 e. The molecule has 22 heavy (non-hydrogen) atoms. The van der Waals surface area contributed by atoms with Crippen LogP contribution in [-0.4, -0.2) is 47.4 Å². The molecule has 0 bridgehead atoms. The van der Waals surface area contributed by atoms with Crippen LogP contribution in [0, 0.1) is 5.92 Å². The Morgan fingerprint density at radius 1 is 1.27 bits per heavy atom. The Kier molecular flexibility index (Phi) is 4.80. The van der Waals surface area contributed by atoms with Crippen molar-refractivity contribution in [2.75, 3.05) is 13.6 Å². The lowest BCUT2D eigenvalue weighted by atomic mass is 9.80. The molecule has 1 aliphatic carbocycles. The van der Waals surface area contributed by atoms with Crippen molar-refractivity contribution in [3.05, 3.63) is 35.4 Å². The van der Waals surface area contributed by atoms with E-state index in [9.17, 15) is 14.4 Å². The molecule has 6 nitrogen and oxygen atoms in total. The van der Waals surface area contributed by atoms with E-state index in [0.717, 1.165) is 0 Å². The van der Waals surface area contributed by atoms with Gasteiger partial charge in [0.2, 0.25) is 0 Å². The Balaban J connectivity index is 1.99. The summed E-state index contributed by atoms with van der Waals surface area (Å²) in [5, 5.41) is 11.6. The van der Waals surface area contributed by atoms with Gasteiger partial charge < -0.3 is 15.3 Å². The number of hydrogen-bond acceptors (Lipinski definition) is 3. The van der Waals surface area contributed by atoms with Gasteiger partial charge in [-0.05, 0) is 38.0 Å². The maximum atomic E-state index is 12.2. The molecule has 0 aliphatic heterocycles. The van der Waals surface area contributed by atoms with Gasteiger partial charge in [0.05, 0.1) is 5.92 Å².